The van der Waals surface area contributed by atoms with E-state index in [4.69, 9.17) is 15.2 Å². The van der Waals surface area contributed by atoms with Crippen molar-refractivity contribution in [2.45, 2.75) is 238 Å². The Hall–Kier alpha value is -0.760. The van der Waals surface area contributed by atoms with Crippen LogP contribution >= 0.6 is 0 Å². The molecule has 2 N–H and O–H groups in total. The molecule has 7 nitrogen and oxygen atoms in total. The number of carbonyl (C=O) groups is 4. The van der Waals surface area contributed by atoms with Crippen LogP contribution in [0.15, 0.2) is 0 Å². The maximum atomic E-state index is 12.1. The Kier molecular flexibility index (Phi) is 41.1. The zero-order chi connectivity index (χ0) is 35.3. The van der Waals surface area contributed by atoms with Crippen LogP contribution in [0.5, 0.6) is 0 Å². The Bertz CT molecular complexity index is 777. The minimum atomic E-state index is -1.10. The number of hydrogen-bond donors (Lipinski definition) is 1. The van der Waals surface area contributed by atoms with Crippen molar-refractivity contribution >= 4 is 53.4 Å². The molecule has 0 fully saturated rings. The van der Waals surface area contributed by atoms with Gasteiger partial charge in [-0.1, -0.05) is 194 Å². The summed E-state index contributed by atoms with van der Waals surface area (Å²) in [5.74, 6) is -2.65. The van der Waals surface area contributed by atoms with E-state index in [-0.39, 0.29) is 55.2 Å². The molecule has 0 aliphatic heterocycles. The zero-order valence-corrected chi connectivity index (χ0v) is 31.6. The molecule has 0 saturated heterocycles. The van der Waals surface area contributed by atoms with Gasteiger partial charge in [-0.15, -0.1) is 0 Å². The van der Waals surface area contributed by atoms with Gasteiger partial charge in [-0.2, -0.15) is 0 Å². The van der Waals surface area contributed by atoms with Crippen LogP contribution in [0.25, 0.3) is 0 Å². The van der Waals surface area contributed by atoms with Crippen molar-refractivity contribution < 1.29 is 28.7 Å². The van der Waals surface area contributed by atoms with E-state index in [1.165, 1.54) is 154 Å². The average Bonchev–Trinajstić information content (AvgIpc) is 3.07. The molecule has 0 saturated carbocycles. The summed E-state index contributed by atoms with van der Waals surface area (Å²) in [6.45, 7) is 4.51. The molecule has 0 unspecified atom stereocenters. The zero-order valence-electron chi connectivity index (χ0n) is 31.6. The number of nitrogens with two attached hydrogens (primary N) is 1. The Morgan fingerprint density at radius 1 is 0.388 bits per heavy atom. The molecular weight excluding hydrogens is 625 g/mol. The van der Waals surface area contributed by atoms with Gasteiger partial charge in [-0.25, -0.2) is 4.79 Å². The summed E-state index contributed by atoms with van der Waals surface area (Å²) in [6, 6.07) is -1.10. The van der Waals surface area contributed by atoms with Gasteiger partial charge in [0.15, 0.2) is 0 Å². The van der Waals surface area contributed by atoms with Gasteiger partial charge >= 0.3 is 53.4 Å². The van der Waals surface area contributed by atoms with Crippen molar-refractivity contribution in [3.05, 3.63) is 0 Å². The Morgan fingerprint density at radius 3 is 0.939 bits per heavy atom. The molecule has 0 radical (unpaired) electrons. The quantitative estimate of drug-likeness (QED) is 0.0299. The SMILES string of the molecule is CCCCCCCCCCCCCCCCCC(=O)OC(=O)CC[C@H](N)C(=O)OC(=O)CCCCCCCCCCCCCCCCC.[NaH]. The van der Waals surface area contributed by atoms with E-state index in [2.05, 4.69) is 13.8 Å². The summed E-state index contributed by atoms with van der Waals surface area (Å²) in [5.41, 5.74) is 5.81. The number of unbranched alkanes of at least 4 members (excludes halogenated alkanes) is 28. The van der Waals surface area contributed by atoms with Crippen LogP contribution in [0.4, 0.5) is 0 Å². The molecule has 0 aromatic rings. The van der Waals surface area contributed by atoms with Crippen LogP contribution in [-0.2, 0) is 28.7 Å². The molecular formula is C41H78NNaO6. The standard InChI is InChI=1S/C41H77NO6.Na.H/c1-3-5-7-9-11-13-15-17-19-21-23-25-27-29-31-33-38(43)47-40(45)36-35-37(42)41(46)48-39(44)34-32-30-28-26-24-22-20-18-16-14-12-10-8-6-4-2;;/h37H,3-36,42H2,1-2H3;;/t37-;;/m0../s1. The third kappa shape index (κ3) is 38.3. The van der Waals surface area contributed by atoms with Gasteiger partial charge in [0.2, 0.25) is 0 Å². The fourth-order valence-corrected chi connectivity index (χ4v) is 6.14. The molecule has 0 aliphatic rings. The van der Waals surface area contributed by atoms with Gasteiger partial charge in [-0.05, 0) is 19.3 Å². The predicted molar refractivity (Wildman–Crippen MR) is 206 cm³/mol. The van der Waals surface area contributed by atoms with E-state index in [9.17, 15) is 19.2 Å². The summed E-state index contributed by atoms with van der Waals surface area (Å²) in [6.07, 6.45) is 37.6. The summed E-state index contributed by atoms with van der Waals surface area (Å²) in [4.78, 5) is 48.1. The van der Waals surface area contributed by atoms with Gasteiger partial charge < -0.3 is 15.2 Å². The number of rotatable bonds is 36. The Labute approximate surface area is 324 Å². The van der Waals surface area contributed by atoms with Crippen LogP contribution < -0.4 is 5.73 Å². The molecule has 0 rings (SSSR count). The van der Waals surface area contributed by atoms with Gasteiger partial charge in [0.25, 0.3) is 0 Å². The molecule has 1 atom stereocenters. The summed E-state index contributed by atoms with van der Waals surface area (Å²) in [5, 5.41) is 0. The van der Waals surface area contributed by atoms with Gasteiger partial charge in [0.05, 0.1) is 0 Å². The molecule has 0 heterocycles. The van der Waals surface area contributed by atoms with E-state index in [0.717, 1.165) is 25.7 Å². The predicted octanol–water partition coefficient (Wildman–Crippen LogP) is 11.1. The first-order chi connectivity index (χ1) is 23.4. The maximum absolute atomic E-state index is 12.1. The number of hydrogen-bond acceptors (Lipinski definition) is 7. The normalized spacial score (nSPS) is 11.6. The number of ether oxygens (including phenoxy) is 2. The molecule has 0 aromatic heterocycles. The van der Waals surface area contributed by atoms with E-state index in [1.54, 1.807) is 0 Å². The molecule has 0 spiro atoms. The fraction of sp³-hybridized carbons (Fsp3) is 0.902. The van der Waals surface area contributed by atoms with Gasteiger partial charge in [0, 0.05) is 19.3 Å². The van der Waals surface area contributed by atoms with Crippen LogP contribution in [-0.4, -0.2) is 59.5 Å². The summed E-state index contributed by atoms with van der Waals surface area (Å²) < 4.78 is 9.73. The van der Waals surface area contributed by atoms with Crippen molar-refractivity contribution in [3.8, 4) is 0 Å². The third-order valence-corrected chi connectivity index (χ3v) is 9.37. The van der Waals surface area contributed by atoms with E-state index >= 15 is 0 Å². The second-order valence-electron chi connectivity index (χ2n) is 14.2. The van der Waals surface area contributed by atoms with E-state index in [1.807, 2.05) is 0 Å². The molecule has 8 heteroatoms. The van der Waals surface area contributed by atoms with Crippen LogP contribution in [0, 0.1) is 0 Å². The van der Waals surface area contributed by atoms with Crippen LogP contribution in [0.1, 0.15) is 232 Å². The Balaban J connectivity index is 0. The second kappa shape index (κ2) is 40.0. The van der Waals surface area contributed by atoms with E-state index in [0.29, 0.717) is 12.8 Å². The van der Waals surface area contributed by atoms with Crippen LogP contribution in [0.2, 0.25) is 0 Å². The van der Waals surface area contributed by atoms with Crippen molar-refractivity contribution in [3.63, 3.8) is 0 Å². The summed E-state index contributed by atoms with van der Waals surface area (Å²) in [7, 11) is 0. The number of esters is 4. The summed E-state index contributed by atoms with van der Waals surface area (Å²) >= 11 is 0. The topological polar surface area (TPSA) is 113 Å². The van der Waals surface area contributed by atoms with Crippen molar-refractivity contribution in [2.75, 3.05) is 0 Å². The second-order valence-corrected chi connectivity index (χ2v) is 14.2. The van der Waals surface area contributed by atoms with Gasteiger partial charge in [-0.3, -0.25) is 14.4 Å². The molecule has 284 valence electrons. The third-order valence-electron chi connectivity index (χ3n) is 9.37. The first kappa shape index (κ1) is 50.3. The van der Waals surface area contributed by atoms with Crippen molar-refractivity contribution in [1.82, 2.24) is 0 Å². The first-order valence-corrected chi connectivity index (χ1v) is 20.6. The molecule has 49 heavy (non-hydrogen) atoms. The Morgan fingerprint density at radius 2 is 0.633 bits per heavy atom. The fourth-order valence-electron chi connectivity index (χ4n) is 6.14. The molecule has 0 amide bonds. The first-order valence-electron chi connectivity index (χ1n) is 20.6. The van der Waals surface area contributed by atoms with E-state index < -0.39 is 29.9 Å². The average molecular weight is 704 g/mol. The number of carbonyl (C=O) groups excluding carboxylic acids is 4. The molecule has 0 aromatic carbocycles. The molecule has 0 bridgehead atoms. The van der Waals surface area contributed by atoms with Gasteiger partial charge in [0.1, 0.15) is 6.04 Å². The van der Waals surface area contributed by atoms with Crippen molar-refractivity contribution in [2.24, 2.45) is 5.73 Å². The molecule has 0 aliphatic carbocycles. The van der Waals surface area contributed by atoms with Crippen LogP contribution in [0.3, 0.4) is 0 Å². The minimum absolute atomic E-state index is 0. The van der Waals surface area contributed by atoms with Crippen molar-refractivity contribution in [1.29, 1.82) is 0 Å². The monoisotopic (exact) mass is 704 g/mol.